The van der Waals surface area contributed by atoms with E-state index in [9.17, 15) is 8.78 Å². The van der Waals surface area contributed by atoms with Crippen LogP contribution in [0.3, 0.4) is 0 Å². The maximum absolute atomic E-state index is 12.2. The molecule has 100 valence electrons. The standard InChI is InChI=1S/C13H17F2NO2/c14-13(15)18-12-6-2-1-4-10(12)8-16-9-11-5-3-7-17-11/h1-2,4,6,11,13,16H,3,5,7-9H2. The molecule has 18 heavy (non-hydrogen) atoms. The lowest BCUT2D eigenvalue weighted by Gasteiger charge is -2.13. The van der Waals surface area contributed by atoms with E-state index in [0.717, 1.165) is 31.6 Å². The summed E-state index contributed by atoms with van der Waals surface area (Å²) in [5, 5.41) is 3.21. The summed E-state index contributed by atoms with van der Waals surface area (Å²) < 4.78 is 34.3. The third kappa shape index (κ3) is 3.92. The van der Waals surface area contributed by atoms with Crippen molar-refractivity contribution in [1.29, 1.82) is 0 Å². The SMILES string of the molecule is FC(F)Oc1ccccc1CNCC1CCCO1. The van der Waals surface area contributed by atoms with E-state index in [4.69, 9.17) is 4.74 Å². The molecule has 5 heteroatoms. The molecule has 0 bridgehead atoms. The van der Waals surface area contributed by atoms with Gasteiger partial charge in [0.1, 0.15) is 5.75 Å². The zero-order valence-electron chi connectivity index (χ0n) is 10.1. The van der Waals surface area contributed by atoms with Crippen molar-refractivity contribution in [3.8, 4) is 5.75 Å². The lowest BCUT2D eigenvalue weighted by Crippen LogP contribution is -2.26. The second kappa shape index (κ2) is 6.66. The van der Waals surface area contributed by atoms with Crippen LogP contribution < -0.4 is 10.1 Å². The molecular formula is C13H17F2NO2. The molecule has 1 aromatic carbocycles. The van der Waals surface area contributed by atoms with E-state index in [1.807, 2.05) is 0 Å². The van der Waals surface area contributed by atoms with Crippen LogP contribution in [-0.2, 0) is 11.3 Å². The minimum atomic E-state index is -2.79. The van der Waals surface area contributed by atoms with Crippen molar-refractivity contribution in [3.63, 3.8) is 0 Å². The highest BCUT2D eigenvalue weighted by Gasteiger charge is 2.15. The molecule has 0 amide bonds. The summed E-state index contributed by atoms with van der Waals surface area (Å²) >= 11 is 0. The van der Waals surface area contributed by atoms with Gasteiger partial charge in [-0.15, -0.1) is 0 Å². The zero-order chi connectivity index (χ0) is 12.8. The van der Waals surface area contributed by atoms with Crippen LogP contribution in [0.5, 0.6) is 5.75 Å². The molecule has 3 nitrogen and oxygen atoms in total. The average molecular weight is 257 g/mol. The van der Waals surface area contributed by atoms with Gasteiger partial charge in [-0.25, -0.2) is 0 Å². The van der Waals surface area contributed by atoms with Crippen molar-refractivity contribution in [2.24, 2.45) is 0 Å². The van der Waals surface area contributed by atoms with E-state index >= 15 is 0 Å². The molecule has 1 heterocycles. The van der Waals surface area contributed by atoms with E-state index < -0.39 is 6.61 Å². The van der Waals surface area contributed by atoms with Gasteiger partial charge in [0.25, 0.3) is 0 Å². The molecule has 0 saturated carbocycles. The Morgan fingerprint density at radius 2 is 2.22 bits per heavy atom. The molecule has 2 rings (SSSR count). The van der Waals surface area contributed by atoms with Gasteiger partial charge in [-0.05, 0) is 18.9 Å². The molecule has 0 aliphatic carbocycles. The van der Waals surface area contributed by atoms with Gasteiger partial charge >= 0.3 is 6.61 Å². The summed E-state index contributed by atoms with van der Waals surface area (Å²) in [5.74, 6) is 0.229. The summed E-state index contributed by atoms with van der Waals surface area (Å²) in [6.45, 7) is -0.729. The van der Waals surface area contributed by atoms with Gasteiger partial charge in [0, 0.05) is 25.3 Å². The maximum atomic E-state index is 12.2. The fourth-order valence-electron chi connectivity index (χ4n) is 2.03. The molecule has 1 fully saturated rings. The number of rotatable bonds is 6. The first kappa shape index (κ1) is 13.2. The molecule has 1 aliphatic heterocycles. The Labute approximate surface area is 105 Å². The van der Waals surface area contributed by atoms with Crippen LogP contribution in [0.1, 0.15) is 18.4 Å². The van der Waals surface area contributed by atoms with E-state index in [2.05, 4.69) is 10.1 Å². The smallest absolute Gasteiger partial charge is 0.387 e. The van der Waals surface area contributed by atoms with Gasteiger partial charge in [0.2, 0.25) is 0 Å². The zero-order valence-corrected chi connectivity index (χ0v) is 10.1. The minimum absolute atomic E-state index is 0.229. The third-order valence-electron chi connectivity index (χ3n) is 2.90. The van der Waals surface area contributed by atoms with Crippen LogP contribution in [0.2, 0.25) is 0 Å². The minimum Gasteiger partial charge on any atom is -0.434 e. The molecule has 0 spiro atoms. The van der Waals surface area contributed by atoms with Gasteiger partial charge in [-0.2, -0.15) is 8.78 Å². The topological polar surface area (TPSA) is 30.5 Å². The van der Waals surface area contributed by atoms with Gasteiger partial charge in [0.05, 0.1) is 6.10 Å². The Kier molecular flexibility index (Phi) is 4.90. The molecule has 0 radical (unpaired) electrons. The summed E-state index contributed by atoms with van der Waals surface area (Å²) in [7, 11) is 0. The summed E-state index contributed by atoms with van der Waals surface area (Å²) in [6, 6.07) is 6.82. The van der Waals surface area contributed by atoms with Crippen LogP contribution in [0, 0.1) is 0 Å². The molecule has 1 unspecified atom stereocenters. The first-order chi connectivity index (χ1) is 8.75. The quantitative estimate of drug-likeness (QED) is 0.849. The van der Waals surface area contributed by atoms with Gasteiger partial charge in [-0.1, -0.05) is 18.2 Å². The van der Waals surface area contributed by atoms with Gasteiger partial charge in [-0.3, -0.25) is 0 Å². The van der Waals surface area contributed by atoms with Crippen LogP contribution in [-0.4, -0.2) is 25.9 Å². The highest BCUT2D eigenvalue weighted by atomic mass is 19.3. The number of benzene rings is 1. The highest BCUT2D eigenvalue weighted by Crippen LogP contribution is 2.20. The molecular weight excluding hydrogens is 240 g/mol. The molecule has 1 saturated heterocycles. The van der Waals surface area contributed by atoms with E-state index in [-0.39, 0.29) is 11.9 Å². The molecule has 1 N–H and O–H groups in total. The lowest BCUT2D eigenvalue weighted by molar-refractivity contribution is -0.0505. The Hall–Kier alpha value is -1.20. The highest BCUT2D eigenvalue weighted by molar-refractivity contribution is 5.33. The van der Waals surface area contributed by atoms with Gasteiger partial charge < -0.3 is 14.8 Å². The molecule has 0 aromatic heterocycles. The number of ether oxygens (including phenoxy) is 2. The first-order valence-electron chi connectivity index (χ1n) is 6.11. The second-order valence-corrected chi connectivity index (χ2v) is 4.25. The predicted octanol–water partition coefficient (Wildman–Crippen LogP) is 2.56. The summed E-state index contributed by atoms with van der Waals surface area (Å²) in [4.78, 5) is 0. The number of para-hydroxylation sites is 1. The maximum Gasteiger partial charge on any atom is 0.387 e. The fraction of sp³-hybridized carbons (Fsp3) is 0.538. The number of alkyl halides is 2. The van der Waals surface area contributed by atoms with Crippen LogP contribution >= 0.6 is 0 Å². The summed E-state index contributed by atoms with van der Waals surface area (Å²) in [6.07, 6.45) is 2.40. The van der Waals surface area contributed by atoms with Crippen molar-refractivity contribution in [1.82, 2.24) is 5.32 Å². The van der Waals surface area contributed by atoms with E-state index in [0.29, 0.717) is 6.54 Å². The van der Waals surface area contributed by atoms with Crippen LogP contribution in [0.4, 0.5) is 8.78 Å². The lowest BCUT2D eigenvalue weighted by atomic mass is 10.2. The number of hydrogen-bond acceptors (Lipinski definition) is 3. The average Bonchev–Trinajstić information content (AvgIpc) is 2.84. The number of hydrogen-bond donors (Lipinski definition) is 1. The third-order valence-corrected chi connectivity index (χ3v) is 2.90. The fourth-order valence-corrected chi connectivity index (χ4v) is 2.03. The van der Waals surface area contributed by atoms with Crippen LogP contribution in [0.15, 0.2) is 24.3 Å². The number of halogens is 2. The Morgan fingerprint density at radius 3 is 2.94 bits per heavy atom. The van der Waals surface area contributed by atoms with Crippen molar-refractivity contribution >= 4 is 0 Å². The van der Waals surface area contributed by atoms with Crippen molar-refractivity contribution < 1.29 is 18.3 Å². The van der Waals surface area contributed by atoms with Crippen LogP contribution in [0.25, 0.3) is 0 Å². The normalized spacial score (nSPS) is 19.4. The monoisotopic (exact) mass is 257 g/mol. The first-order valence-corrected chi connectivity index (χ1v) is 6.11. The van der Waals surface area contributed by atoms with E-state index in [1.54, 1.807) is 24.3 Å². The van der Waals surface area contributed by atoms with Crippen molar-refractivity contribution in [2.45, 2.75) is 32.1 Å². The second-order valence-electron chi connectivity index (χ2n) is 4.25. The largest absolute Gasteiger partial charge is 0.434 e. The Bertz CT molecular complexity index is 368. The molecule has 1 atom stereocenters. The van der Waals surface area contributed by atoms with Crippen molar-refractivity contribution in [3.05, 3.63) is 29.8 Å². The number of nitrogens with one attached hydrogen (secondary N) is 1. The molecule has 1 aliphatic rings. The Morgan fingerprint density at radius 1 is 1.39 bits per heavy atom. The molecule has 1 aromatic rings. The van der Waals surface area contributed by atoms with Gasteiger partial charge in [0.15, 0.2) is 0 Å². The van der Waals surface area contributed by atoms with E-state index in [1.165, 1.54) is 0 Å². The predicted molar refractivity (Wildman–Crippen MR) is 63.8 cm³/mol. The Balaban J connectivity index is 1.83. The van der Waals surface area contributed by atoms with Crippen molar-refractivity contribution in [2.75, 3.05) is 13.2 Å². The summed E-state index contributed by atoms with van der Waals surface area (Å²) in [5.41, 5.74) is 0.732.